The summed E-state index contributed by atoms with van der Waals surface area (Å²) in [6.45, 7) is -0.210. The molecule has 1 aliphatic rings. The molecule has 25 heavy (non-hydrogen) atoms. The molecule has 1 unspecified atom stereocenters. The quantitative estimate of drug-likeness (QED) is 0.837. The maximum atomic E-state index is 12.1. The molecule has 2 amide bonds. The van der Waals surface area contributed by atoms with E-state index in [2.05, 4.69) is 5.43 Å². The lowest BCUT2D eigenvalue weighted by atomic mass is 10.2. The Morgan fingerprint density at radius 3 is 2.68 bits per heavy atom. The summed E-state index contributed by atoms with van der Waals surface area (Å²) in [6.07, 6.45) is 0. The van der Waals surface area contributed by atoms with E-state index in [-0.39, 0.29) is 23.6 Å². The summed E-state index contributed by atoms with van der Waals surface area (Å²) in [4.78, 5) is 24.2. The van der Waals surface area contributed by atoms with Gasteiger partial charge in [0.05, 0.1) is 5.75 Å². The van der Waals surface area contributed by atoms with E-state index in [1.807, 2.05) is 12.1 Å². The normalized spacial score (nSPS) is 16.8. The molecule has 0 aromatic heterocycles. The number of carbonyl (C=O) groups excluding carboxylic acids is 2. The summed E-state index contributed by atoms with van der Waals surface area (Å²) >= 11 is 13.2. The third-order valence-corrected chi connectivity index (χ3v) is 5.13. The van der Waals surface area contributed by atoms with Crippen molar-refractivity contribution >= 4 is 46.8 Å². The van der Waals surface area contributed by atoms with Gasteiger partial charge in [0.2, 0.25) is 0 Å². The van der Waals surface area contributed by atoms with Crippen LogP contribution in [0.15, 0.2) is 48.5 Å². The van der Waals surface area contributed by atoms with E-state index < -0.39 is 5.91 Å². The maximum Gasteiger partial charge on any atom is 0.276 e. The second-order valence-electron chi connectivity index (χ2n) is 5.26. The van der Waals surface area contributed by atoms with E-state index in [0.717, 1.165) is 5.56 Å². The number of hydrogen-bond acceptors (Lipinski definition) is 4. The Bertz CT molecular complexity index is 786. The van der Waals surface area contributed by atoms with Crippen LogP contribution in [0.4, 0.5) is 0 Å². The van der Waals surface area contributed by atoms with Gasteiger partial charge in [-0.05, 0) is 42.0 Å². The average molecular weight is 397 g/mol. The summed E-state index contributed by atoms with van der Waals surface area (Å²) in [5.74, 6) is 0.218. The van der Waals surface area contributed by atoms with Crippen LogP contribution in [0, 0.1) is 0 Å². The highest BCUT2D eigenvalue weighted by Gasteiger charge is 2.34. The first-order valence-electron chi connectivity index (χ1n) is 7.40. The van der Waals surface area contributed by atoms with E-state index in [1.54, 1.807) is 36.4 Å². The molecule has 1 saturated heterocycles. The molecule has 1 aliphatic heterocycles. The zero-order chi connectivity index (χ0) is 17.8. The number of rotatable bonds is 5. The predicted octanol–water partition coefficient (Wildman–Crippen LogP) is 3.68. The van der Waals surface area contributed by atoms with Crippen LogP contribution in [0.25, 0.3) is 0 Å². The molecule has 5 nitrogen and oxygen atoms in total. The number of halogens is 2. The molecule has 0 aliphatic carbocycles. The van der Waals surface area contributed by atoms with E-state index in [9.17, 15) is 9.59 Å². The number of amides is 2. The largest absolute Gasteiger partial charge is 0.484 e. The van der Waals surface area contributed by atoms with E-state index in [1.165, 1.54) is 16.8 Å². The number of thioether (sulfide) groups is 1. The van der Waals surface area contributed by atoms with Crippen LogP contribution < -0.4 is 10.2 Å². The number of nitrogens with zero attached hydrogens (tertiary/aromatic N) is 1. The third-order valence-electron chi connectivity index (χ3n) is 3.43. The van der Waals surface area contributed by atoms with Crippen molar-refractivity contribution in [2.24, 2.45) is 0 Å². The molecule has 1 atom stereocenters. The van der Waals surface area contributed by atoms with Crippen molar-refractivity contribution in [2.45, 2.75) is 5.37 Å². The van der Waals surface area contributed by atoms with Crippen LogP contribution >= 0.6 is 35.0 Å². The minimum Gasteiger partial charge on any atom is -0.484 e. The van der Waals surface area contributed by atoms with Gasteiger partial charge in [0.25, 0.3) is 11.8 Å². The van der Waals surface area contributed by atoms with Crippen LogP contribution in [-0.4, -0.2) is 29.2 Å². The average Bonchev–Trinajstić information content (AvgIpc) is 2.95. The second kappa shape index (κ2) is 7.99. The molecule has 2 aromatic carbocycles. The van der Waals surface area contributed by atoms with Gasteiger partial charge < -0.3 is 4.74 Å². The lowest BCUT2D eigenvalue weighted by Crippen LogP contribution is -2.46. The van der Waals surface area contributed by atoms with Gasteiger partial charge >= 0.3 is 0 Å². The van der Waals surface area contributed by atoms with Gasteiger partial charge in [-0.15, -0.1) is 11.8 Å². The van der Waals surface area contributed by atoms with Crippen molar-refractivity contribution in [2.75, 3.05) is 12.4 Å². The maximum absolute atomic E-state index is 12.1. The first-order valence-corrected chi connectivity index (χ1v) is 9.20. The standard InChI is InChI=1S/C17H14Cl2N2O3S/c18-12-4-6-14(7-5-12)24-9-15(22)20-21-16(23)10-25-17(21)11-2-1-3-13(19)8-11/h1-8,17H,9-10H2,(H,20,22). The van der Waals surface area contributed by atoms with Crippen molar-refractivity contribution in [3.63, 3.8) is 0 Å². The van der Waals surface area contributed by atoms with Crippen molar-refractivity contribution in [3.8, 4) is 5.75 Å². The van der Waals surface area contributed by atoms with Crippen LogP contribution in [0.2, 0.25) is 10.0 Å². The van der Waals surface area contributed by atoms with Gasteiger partial charge in [0.15, 0.2) is 6.61 Å². The monoisotopic (exact) mass is 396 g/mol. The highest BCUT2D eigenvalue weighted by Crippen LogP contribution is 2.37. The minimum absolute atomic E-state index is 0.171. The first kappa shape index (κ1) is 17.9. The summed E-state index contributed by atoms with van der Waals surface area (Å²) in [5, 5.41) is 2.17. The van der Waals surface area contributed by atoms with E-state index >= 15 is 0 Å². The van der Waals surface area contributed by atoms with Crippen LogP contribution in [-0.2, 0) is 9.59 Å². The highest BCUT2D eigenvalue weighted by molar-refractivity contribution is 8.00. The van der Waals surface area contributed by atoms with Crippen molar-refractivity contribution in [1.29, 1.82) is 0 Å². The zero-order valence-electron chi connectivity index (χ0n) is 12.9. The van der Waals surface area contributed by atoms with Gasteiger partial charge in [0.1, 0.15) is 11.1 Å². The Kier molecular flexibility index (Phi) is 5.73. The minimum atomic E-state index is -0.419. The molecule has 0 spiro atoms. The predicted molar refractivity (Wildman–Crippen MR) is 98.6 cm³/mol. The third kappa shape index (κ3) is 4.60. The number of ether oxygens (including phenoxy) is 1. The van der Waals surface area contributed by atoms with Gasteiger partial charge in [-0.25, -0.2) is 5.01 Å². The van der Waals surface area contributed by atoms with Crippen molar-refractivity contribution in [1.82, 2.24) is 10.4 Å². The molecule has 0 radical (unpaired) electrons. The lowest BCUT2D eigenvalue weighted by molar-refractivity contribution is -0.140. The Morgan fingerprint density at radius 2 is 1.96 bits per heavy atom. The topological polar surface area (TPSA) is 58.6 Å². The van der Waals surface area contributed by atoms with Crippen LogP contribution in [0.5, 0.6) is 5.75 Å². The molecule has 8 heteroatoms. The van der Waals surface area contributed by atoms with Gasteiger partial charge in [0, 0.05) is 10.0 Å². The molecule has 2 aromatic rings. The number of hydrogen-bond donors (Lipinski definition) is 1. The van der Waals surface area contributed by atoms with Gasteiger partial charge in [-0.2, -0.15) is 0 Å². The summed E-state index contributed by atoms with van der Waals surface area (Å²) in [5.41, 5.74) is 3.46. The Hall–Kier alpha value is -1.89. The highest BCUT2D eigenvalue weighted by atomic mass is 35.5. The summed E-state index contributed by atoms with van der Waals surface area (Å²) in [6, 6.07) is 13.9. The molecule has 1 heterocycles. The van der Waals surface area contributed by atoms with E-state index in [0.29, 0.717) is 15.8 Å². The van der Waals surface area contributed by atoms with Gasteiger partial charge in [-0.3, -0.25) is 15.0 Å². The lowest BCUT2D eigenvalue weighted by Gasteiger charge is -2.24. The number of hydrazine groups is 1. The Morgan fingerprint density at radius 1 is 1.20 bits per heavy atom. The van der Waals surface area contributed by atoms with Gasteiger partial charge in [-0.1, -0.05) is 35.3 Å². The number of benzene rings is 2. The molecule has 130 valence electrons. The van der Waals surface area contributed by atoms with Crippen LogP contribution in [0.1, 0.15) is 10.9 Å². The second-order valence-corrected chi connectivity index (χ2v) is 7.20. The summed E-state index contributed by atoms with van der Waals surface area (Å²) < 4.78 is 5.39. The molecular weight excluding hydrogens is 383 g/mol. The fraction of sp³-hybridized carbons (Fsp3) is 0.176. The van der Waals surface area contributed by atoms with Crippen molar-refractivity contribution < 1.29 is 14.3 Å². The summed E-state index contributed by atoms with van der Waals surface area (Å²) in [7, 11) is 0. The number of carbonyl (C=O) groups is 2. The van der Waals surface area contributed by atoms with Crippen LogP contribution in [0.3, 0.4) is 0 Å². The zero-order valence-corrected chi connectivity index (χ0v) is 15.3. The smallest absolute Gasteiger partial charge is 0.276 e. The molecule has 0 bridgehead atoms. The van der Waals surface area contributed by atoms with E-state index in [4.69, 9.17) is 27.9 Å². The molecule has 1 fully saturated rings. The fourth-order valence-corrected chi connectivity index (χ4v) is 3.72. The number of nitrogens with one attached hydrogen (secondary N) is 1. The molecular formula is C17H14Cl2N2O3S. The molecule has 0 saturated carbocycles. The van der Waals surface area contributed by atoms with Crippen molar-refractivity contribution in [3.05, 3.63) is 64.1 Å². The fourth-order valence-electron chi connectivity index (χ4n) is 2.30. The molecule has 1 N–H and O–H groups in total. The Balaban J connectivity index is 1.62. The first-order chi connectivity index (χ1) is 12.0. The molecule has 3 rings (SSSR count). The SMILES string of the molecule is O=C(COc1ccc(Cl)cc1)NN1C(=O)CSC1c1cccc(Cl)c1. The Labute approximate surface area is 159 Å².